The molecule has 0 heterocycles. The zero-order valence-corrected chi connectivity index (χ0v) is 18.2. The van der Waals surface area contributed by atoms with Gasteiger partial charge in [-0.05, 0) is 69.0 Å². The summed E-state index contributed by atoms with van der Waals surface area (Å²) < 4.78 is 28.0. The molecule has 0 radical (unpaired) electrons. The monoisotopic (exact) mass is 405 g/mol. The summed E-state index contributed by atoms with van der Waals surface area (Å²) in [5.41, 5.74) is 4.63. The summed E-state index contributed by atoms with van der Waals surface area (Å²) in [6, 6.07) is 0. The molecule has 1 amide bonds. The topological polar surface area (TPSA) is 87.3 Å². The van der Waals surface area contributed by atoms with Crippen LogP contribution < -0.4 is 15.4 Å². The van der Waals surface area contributed by atoms with Crippen molar-refractivity contribution in [3.8, 4) is 0 Å². The van der Waals surface area contributed by atoms with E-state index in [0.29, 0.717) is 18.0 Å². The summed E-state index contributed by atoms with van der Waals surface area (Å²) in [6.45, 7) is 13.7. The lowest BCUT2D eigenvalue weighted by molar-refractivity contribution is -0.120. The second-order valence-electron chi connectivity index (χ2n) is 6.31. The first-order valence-electron chi connectivity index (χ1n) is 8.67. The number of benzene rings is 1. The van der Waals surface area contributed by atoms with Crippen molar-refractivity contribution in [1.82, 2.24) is 15.4 Å². The van der Waals surface area contributed by atoms with Crippen LogP contribution in [0.15, 0.2) is 4.90 Å². The van der Waals surface area contributed by atoms with Gasteiger partial charge in [0.05, 0.1) is 4.90 Å². The minimum atomic E-state index is -3.65. The lowest BCUT2D eigenvalue weighted by Crippen LogP contribution is -2.34. The van der Waals surface area contributed by atoms with Crippen LogP contribution in [-0.4, -0.2) is 40.5 Å². The van der Waals surface area contributed by atoms with Crippen molar-refractivity contribution in [2.24, 2.45) is 0 Å². The zero-order chi connectivity index (χ0) is 19.2. The molecule has 1 aromatic carbocycles. The van der Waals surface area contributed by atoms with Crippen molar-refractivity contribution in [2.45, 2.75) is 52.9 Å². The van der Waals surface area contributed by atoms with Gasteiger partial charge in [0.2, 0.25) is 15.9 Å². The van der Waals surface area contributed by atoms with Gasteiger partial charge >= 0.3 is 0 Å². The summed E-state index contributed by atoms with van der Waals surface area (Å²) in [4.78, 5) is 12.1. The molecular formula is C18H32ClN3O3S. The van der Waals surface area contributed by atoms with E-state index in [2.05, 4.69) is 15.4 Å². The van der Waals surface area contributed by atoms with E-state index in [1.807, 2.05) is 41.5 Å². The summed E-state index contributed by atoms with van der Waals surface area (Å²) in [5, 5.41) is 5.86. The van der Waals surface area contributed by atoms with Crippen molar-refractivity contribution in [1.29, 1.82) is 0 Å². The third-order valence-electron chi connectivity index (χ3n) is 4.72. The van der Waals surface area contributed by atoms with Crippen LogP contribution in [0.4, 0.5) is 0 Å². The van der Waals surface area contributed by atoms with Gasteiger partial charge in [0, 0.05) is 26.1 Å². The van der Waals surface area contributed by atoms with Gasteiger partial charge in [-0.1, -0.05) is 6.92 Å². The van der Waals surface area contributed by atoms with Gasteiger partial charge in [-0.15, -0.1) is 12.4 Å². The van der Waals surface area contributed by atoms with E-state index in [0.717, 1.165) is 34.4 Å². The molecule has 1 aromatic rings. The van der Waals surface area contributed by atoms with E-state index in [-0.39, 0.29) is 31.3 Å². The number of amides is 1. The lowest BCUT2D eigenvalue weighted by Gasteiger charge is -2.19. The Morgan fingerprint density at radius 3 is 1.85 bits per heavy atom. The van der Waals surface area contributed by atoms with Crippen LogP contribution >= 0.6 is 12.4 Å². The average Bonchev–Trinajstić information content (AvgIpc) is 2.55. The molecule has 8 heteroatoms. The van der Waals surface area contributed by atoms with Crippen molar-refractivity contribution in [3.63, 3.8) is 0 Å². The van der Waals surface area contributed by atoms with E-state index >= 15 is 0 Å². The largest absolute Gasteiger partial charge is 0.355 e. The van der Waals surface area contributed by atoms with Crippen LogP contribution in [0.1, 0.15) is 41.2 Å². The molecule has 150 valence electrons. The quantitative estimate of drug-likeness (QED) is 0.548. The summed E-state index contributed by atoms with van der Waals surface area (Å²) >= 11 is 0. The number of halogens is 1. The maximum Gasteiger partial charge on any atom is 0.241 e. The number of sulfonamides is 1. The van der Waals surface area contributed by atoms with Crippen molar-refractivity contribution >= 4 is 28.3 Å². The number of carbonyl (C=O) groups excluding carboxylic acids is 1. The fourth-order valence-electron chi connectivity index (χ4n) is 2.80. The van der Waals surface area contributed by atoms with Crippen molar-refractivity contribution in [2.75, 3.05) is 26.2 Å². The number of carbonyl (C=O) groups is 1. The van der Waals surface area contributed by atoms with E-state index in [1.54, 1.807) is 0 Å². The smallest absolute Gasteiger partial charge is 0.241 e. The van der Waals surface area contributed by atoms with Gasteiger partial charge in [-0.3, -0.25) is 4.79 Å². The van der Waals surface area contributed by atoms with Gasteiger partial charge in [-0.2, -0.15) is 0 Å². The number of hydrogen-bond donors (Lipinski definition) is 3. The Kier molecular flexibility index (Phi) is 10.4. The number of nitrogens with one attached hydrogen (secondary N) is 3. The Bertz CT molecular complexity index is 705. The molecule has 6 nitrogen and oxygen atoms in total. The lowest BCUT2D eigenvalue weighted by atomic mass is 9.95. The molecule has 3 N–H and O–H groups in total. The molecule has 0 aliphatic rings. The molecular weight excluding hydrogens is 374 g/mol. The van der Waals surface area contributed by atoms with Crippen LogP contribution in [0.2, 0.25) is 0 Å². The number of rotatable bonds is 9. The highest BCUT2D eigenvalue weighted by Crippen LogP contribution is 2.29. The van der Waals surface area contributed by atoms with Crippen LogP contribution in [0.25, 0.3) is 0 Å². The number of likely N-dealkylation sites (N-methyl/N-ethyl adjacent to an activating group) is 1. The van der Waals surface area contributed by atoms with Crippen LogP contribution in [0, 0.1) is 34.6 Å². The second kappa shape index (κ2) is 10.9. The average molecular weight is 406 g/mol. The highest BCUT2D eigenvalue weighted by atomic mass is 35.5. The summed E-state index contributed by atoms with van der Waals surface area (Å²) in [5.74, 6) is -0.162. The Balaban J connectivity index is 0.00000625. The molecule has 26 heavy (non-hydrogen) atoms. The molecule has 0 atom stereocenters. The molecule has 0 fully saturated rings. The minimum Gasteiger partial charge on any atom is -0.355 e. The first-order valence-corrected chi connectivity index (χ1v) is 10.2. The summed E-state index contributed by atoms with van der Waals surface area (Å²) in [7, 11) is -3.65. The van der Waals surface area contributed by atoms with Gasteiger partial charge in [0.25, 0.3) is 0 Å². The highest BCUT2D eigenvalue weighted by Gasteiger charge is 2.23. The molecule has 0 saturated carbocycles. The van der Waals surface area contributed by atoms with Crippen LogP contribution in [0.5, 0.6) is 0 Å². The van der Waals surface area contributed by atoms with Crippen LogP contribution in [-0.2, 0) is 14.8 Å². The number of hydrogen-bond acceptors (Lipinski definition) is 4. The van der Waals surface area contributed by atoms with Gasteiger partial charge in [-0.25, -0.2) is 13.1 Å². The highest BCUT2D eigenvalue weighted by molar-refractivity contribution is 7.89. The fourth-order valence-corrected chi connectivity index (χ4v) is 4.42. The second-order valence-corrected chi connectivity index (χ2v) is 8.01. The first kappa shape index (κ1) is 24.8. The Labute approximate surface area is 164 Å². The zero-order valence-electron chi connectivity index (χ0n) is 16.6. The predicted octanol–water partition coefficient (Wildman–Crippen LogP) is 2.04. The molecule has 0 aromatic heterocycles. The summed E-state index contributed by atoms with van der Waals surface area (Å²) in [6.07, 6.45) is 0.118. The third-order valence-corrected chi connectivity index (χ3v) is 6.45. The van der Waals surface area contributed by atoms with Crippen molar-refractivity contribution < 1.29 is 13.2 Å². The molecule has 0 unspecified atom stereocenters. The predicted molar refractivity (Wildman–Crippen MR) is 109 cm³/mol. The standard InChI is InChI=1S/C18H31N3O3S.ClH/c1-7-19-10-11-20-17(22)8-9-21-25(23,24)18-15(5)13(3)12(2)14(4)16(18)6;/h19,21H,7-11H2,1-6H3,(H,20,22);1H. The molecule has 0 bridgehead atoms. The van der Waals surface area contributed by atoms with Gasteiger partial charge < -0.3 is 10.6 Å². The van der Waals surface area contributed by atoms with E-state index in [4.69, 9.17) is 0 Å². The third kappa shape index (κ3) is 6.23. The SMILES string of the molecule is CCNCCNC(=O)CCNS(=O)(=O)c1c(C)c(C)c(C)c(C)c1C.Cl. The normalized spacial score (nSPS) is 11.2. The Hall–Kier alpha value is -1.15. The molecule has 1 rings (SSSR count). The maximum atomic E-state index is 12.7. The first-order chi connectivity index (χ1) is 11.6. The van der Waals surface area contributed by atoms with Gasteiger partial charge in [0.15, 0.2) is 0 Å². The van der Waals surface area contributed by atoms with E-state index in [9.17, 15) is 13.2 Å². The van der Waals surface area contributed by atoms with E-state index in [1.165, 1.54) is 0 Å². The molecule has 0 saturated heterocycles. The van der Waals surface area contributed by atoms with E-state index < -0.39 is 10.0 Å². The molecule has 0 aliphatic heterocycles. The Morgan fingerprint density at radius 2 is 1.35 bits per heavy atom. The Morgan fingerprint density at radius 1 is 0.846 bits per heavy atom. The van der Waals surface area contributed by atoms with Crippen LogP contribution in [0.3, 0.4) is 0 Å². The fraction of sp³-hybridized carbons (Fsp3) is 0.611. The minimum absolute atomic E-state index is 0. The van der Waals surface area contributed by atoms with Crippen molar-refractivity contribution in [3.05, 3.63) is 27.8 Å². The van der Waals surface area contributed by atoms with Gasteiger partial charge in [0.1, 0.15) is 0 Å². The molecule has 0 spiro atoms. The maximum absolute atomic E-state index is 12.7. The molecule has 0 aliphatic carbocycles.